The molecular formula is C23H31N5O. The summed E-state index contributed by atoms with van der Waals surface area (Å²) in [6, 6.07) is 15.0. The van der Waals surface area contributed by atoms with E-state index in [2.05, 4.69) is 57.7 Å². The molecule has 0 saturated carbocycles. The molecule has 0 bridgehead atoms. The summed E-state index contributed by atoms with van der Waals surface area (Å²) in [5.41, 5.74) is 1.54. The van der Waals surface area contributed by atoms with Gasteiger partial charge in [0, 0.05) is 38.4 Å². The second-order valence-electron chi connectivity index (χ2n) is 8.56. The molecule has 1 aromatic carbocycles. The van der Waals surface area contributed by atoms with Gasteiger partial charge < -0.3 is 15.1 Å². The van der Waals surface area contributed by atoms with Crippen molar-refractivity contribution in [3.8, 4) is 0 Å². The van der Waals surface area contributed by atoms with Gasteiger partial charge in [0.2, 0.25) is 0 Å². The molecule has 0 spiro atoms. The van der Waals surface area contributed by atoms with Crippen LogP contribution in [0.4, 0.5) is 10.6 Å². The highest BCUT2D eigenvalue weighted by molar-refractivity contribution is 5.74. The van der Waals surface area contributed by atoms with Gasteiger partial charge in [0.25, 0.3) is 0 Å². The predicted molar refractivity (Wildman–Crippen MR) is 115 cm³/mol. The lowest BCUT2D eigenvalue weighted by Gasteiger charge is -2.34. The molecule has 6 heteroatoms. The van der Waals surface area contributed by atoms with E-state index in [1.807, 2.05) is 17.0 Å². The average Bonchev–Trinajstić information content (AvgIpc) is 2.98. The Balaban J connectivity index is 1.28. The summed E-state index contributed by atoms with van der Waals surface area (Å²) in [4.78, 5) is 17.2. The van der Waals surface area contributed by atoms with Crippen LogP contribution in [0.5, 0.6) is 0 Å². The number of benzene rings is 1. The van der Waals surface area contributed by atoms with Gasteiger partial charge in [-0.25, -0.2) is 4.79 Å². The molecule has 6 nitrogen and oxygen atoms in total. The van der Waals surface area contributed by atoms with Gasteiger partial charge in [0.15, 0.2) is 5.82 Å². The summed E-state index contributed by atoms with van der Waals surface area (Å²) in [5.74, 6) is 0.921. The van der Waals surface area contributed by atoms with Gasteiger partial charge in [0.05, 0.1) is 0 Å². The second-order valence-corrected chi connectivity index (χ2v) is 8.56. The van der Waals surface area contributed by atoms with Crippen LogP contribution in [0.2, 0.25) is 0 Å². The van der Waals surface area contributed by atoms with Crippen LogP contribution in [0.3, 0.4) is 0 Å². The van der Waals surface area contributed by atoms with E-state index in [1.54, 1.807) is 6.20 Å². The number of piperidine rings is 1. The Morgan fingerprint density at radius 3 is 2.55 bits per heavy atom. The van der Waals surface area contributed by atoms with Crippen LogP contribution in [0, 0.1) is 0 Å². The minimum atomic E-state index is 0.0975. The van der Waals surface area contributed by atoms with Crippen molar-refractivity contribution in [2.45, 2.75) is 50.5 Å². The molecule has 2 amide bonds. The Hall–Kier alpha value is -2.63. The Labute approximate surface area is 173 Å². The second kappa shape index (κ2) is 8.80. The number of amides is 2. The largest absolute Gasteiger partial charge is 0.355 e. The number of urea groups is 1. The zero-order chi connectivity index (χ0) is 20.1. The number of rotatable bonds is 3. The Bertz CT molecular complexity index is 791. The molecule has 1 atom stereocenters. The van der Waals surface area contributed by atoms with E-state index >= 15 is 0 Å². The molecule has 2 aliphatic rings. The summed E-state index contributed by atoms with van der Waals surface area (Å²) in [6.07, 6.45) is 6.76. The molecule has 4 rings (SSSR count). The van der Waals surface area contributed by atoms with Gasteiger partial charge in [-0.2, -0.15) is 5.10 Å². The Morgan fingerprint density at radius 2 is 1.83 bits per heavy atom. The van der Waals surface area contributed by atoms with E-state index in [-0.39, 0.29) is 17.5 Å². The van der Waals surface area contributed by atoms with E-state index in [0.717, 1.165) is 64.1 Å². The summed E-state index contributed by atoms with van der Waals surface area (Å²) >= 11 is 0. The molecule has 1 N–H and O–H groups in total. The number of anilines is 1. The van der Waals surface area contributed by atoms with Gasteiger partial charge >= 0.3 is 6.03 Å². The molecular weight excluding hydrogens is 362 g/mol. The maximum atomic E-state index is 12.9. The van der Waals surface area contributed by atoms with Crippen molar-refractivity contribution in [3.05, 3.63) is 54.2 Å². The van der Waals surface area contributed by atoms with E-state index in [9.17, 15) is 4.79 Å². The standard InChI is InChI=1S/C23H31N5O/c1-23(19-7-3-2-4-8-19)12-6-15-28(18-13-23)22(29)25-20-10-16-27(17-11-20)21-9-5-14-24-26-21/h2-5,7-9,14,20H,6,10-13,15-18H2,1H3,(H,25,29). The topological polar surface area (TPSA) is 61.4 Å². The fourth-order valence-electron chi connectivity index (χ4n) is 4.59. The van der Waals surface area contributed by atoms with Crippen LogP contribution < -0.4 is 10.2 Å². The normalized spacial score (nSPS) is 23.5. The molecule has 0 aliphatic carbocycles. The van der Waals surface area contributed by atoms with Crippen molar-refractivity contribution in [1.82, 2.24) is 20.4 Å². The lowest BCUT2D eigenvalue weighted by molar-refractivity contribution is 0.192. The Morgan fingerprint density at radius 1 is 1.03 bits per heavy atom. The summed E-state index contributed by atoms with van der Waals surface area (Å²) in [6.45, 7) is 5.79. The first-order valence-electron chi connectivity index (χ1n) is 10.8. The van der Waals surface area contributed by atoms with Crippen LogP contribution in [-0.4, -0.2) is 53.3 Å². The number of carbonyl (C=O) groups is 1. The number of aromatic nitrogens is 2. The molecule has 1 aromatic heterocycles. The highest BCUT2D eigenvalue weighted by Crippen LogP contribution is 2.34. The van der Waals surface area contributed by atoms with E-state index in [1.165, 1.54) is 5.56 Å². The van der Waals surface area contributed by atoms with Gasteiger partial charge in [-0.05, 0) is 55.2 Å². The van der Waals surface area contributed by atoms with Crippen molar-refractivity contribution in [2.24, 2.45) is 0 Å². The molecule has 154 valence electrons. The van der Waals surface area contributed by atoms with Crippen LogP contribution in [0.1, 0.15) is 44.6 Å². The molecule has 3 heterocycles. The quantitative estimate of drug-likeness (QED) is 0.866. The smallest absolute Gasteiger partial charge is 0.317 e. The maximum Gasteiger partial charge on any atom is 0.317 e. The van der Waals surface area contributed by atoms with E-state index in [0.29, 0.717) is 0 Å². The van der Waals surface area contributed by atoms with E-state index < -0.39 is 0 Å². The average molecular weight is 394 g/mol. The molecule has 0 radical (unpaired) electrons. The van der Waals surface area contributed by atoms with Crippen LogP contribution in [-0.2, 0) is 5.41 Å². The van der Waals surface area contributed by atoms with Gasteiger partial charge in [-0.15, -0.1) is 5.10 Å². The lowest BCUT2D eigenvalue weighted by Crippen LogP contribution is -2.49. The van der Waals surface area contributed by atoms with Crippen LogP contribution in [0.25, 0.3) is 0 Å². The van der Waals surface area contributed by atoms with Crippen molar-refractivity contribution in [3.63, 3.8) is 0 Å². The highest BCUT2D eigenvalue weighted by Gasteiger charge is 2.31. The SMILES string of the molecule is CC1(c2ccccc2)CCCN(C(=O)NC2CCN(c3cccnn3)CC2)CC1. The third-order valence-corrected chi connectivity index (χ3v) is 6.55. The molecule has 2 aromatic rings. The van der Waals surface area contributed by atoms with Crippen molar-refractivity contribution < 1.29 is 4.79 Å². The minimum Gasteiger partial charge on any atom is -0.355 e. The van der Waals surface area contributed by atoms with Crippen molar-refractivity contribution >= 4 is 11.8 Å². The lowest BCUT2D eigenvalue weighted by atomic mass is 9.76. The summed E-state index contributed by atoms with van der Waals surface area (Å²) in [5, 5.41) is 11.4. The predicted octanol–water partition coefficient (Wildman–Crippen LogP) is 3.60. The minimum absolute atomic E-state index is 0.0975. The first-order chi connectivity index (χ1) is 14.1. The molecule has 29 heavy (non-hydrogen) atoms. The first kappa shape index (κ1) is 19.7. The number of likely N-dealkylation sites (tertiary alicyclic amines) is 1. The molecule has 1 unspecified atom stereocenters. The molecule has 2 fully saturated rings. The fourth-order valence-corrected chi connectivity index (χ4v) is 4.59. The summed E-state index contributed by atoms with van der Waals surface area (Å²) in [7, 11) is 0. The Kier molecular flexibility index (Phi) is 5.97. The highest BCUT2D eigenvalue weighted by atomic mass is 16.2. The van der Waals surface area contributed by atoms with Crippen molar-refractivity contribution in [2.75, 3.05) is 31.1 Å². The zero-order valence-corrected chi connectivity index (χ0v) is 17.3. The summed E-state index contributed by atoms with van der Waals surface area (Å²) < 4.78 is 0. The first-order valence-corrected chi connectivity index (χ1v) is 10.8. The fraction of sp³-hybridized carbons (Fsp3) is 0.522. The third-order valence-electron chi connectivity index (χ3n) is 6.55. The molecule has 2 aliphatic heterocycles. The monoisotopic (exact) mass is 393 g/mol. The number of hydrogen-bond acceptors (Lipinski definition) is 4. The number of carbonyl (C=O) groups excluding carboxylic acids is 1. The van der Waals surface area contributed by atoms with Crippen LogP contribution in [0.15, 0.2) is 48.7 Å². The zero-order valence-electron chi connectivity index (χ0n) is 17.3. The van der Waals surface area contributed by atoms with Gasteiger partial charge in [0.1, 0.15) is 0 Å². The number of nitrogens with one attached hydrogen (secondary N) is 1. The van der Waals surface area contributed by atoms with E-state index in [4.69, 9.17) is 0 Å². The number of hydrogen-bond donors (Lipinski definition) is 1. The van der Waals surface area contributed by atoms with Crippen molar-refractivity contribution in [1.29, 1.82) is 0 Å². The maximum absolute atomic E-state index is 12.9. The third kappa shape index (κ3) is 4.69. The van der Waals surface area contributed by atoms with Gasteiger partial charge in [-0.1, -0.05) is 37.3 Å². The number of nitrogens with zero attached hydrogens (tertiary/aromatic N) is 4. The van der Waals surface area contributed by atoms with Crippen LogP contribution >= 0.6 is 0 Å². The molecule has 2 saturated heterocycles. The van der Waals surface area contributed by atoms with Gasteiger partial charge in [-0.3, -0.25) is 0 Å².